The average Bonchev–Trinajstić information content (AvgIpc) is 3.38. The zero-order valence-corrected chi connectivity index (χ0v) is 13.4. The topological polar surface area (TPSA) is 84.9 Å². The molecule has 0 amide bonds. The molecule has 0 aliphatic carbocycles. The lowest BCUT2D eigenvalue weighted by Gasteiger charge is -1.94. The highest BCUT2D eigenvalue weighted by molar-refractivity contribution is 7.19. The molecule has 0 saturated carbocycles. The van der Waals surface area contributed by atoms with Crippen LogP contribution in [0.25, 0.3) is 38.5 Å². The van der Waals surface area contributed by atoms with E-state index in [4.69, 9.17) is 4.42 Å². The Morgan fingerprint density at radius 3 is 2.80 bits per heavy atom. The van der Waals surface area contributed by atoms with Crippen molar-refractivity contribution in [2.24, 2.45) is 0 Å². The number of furan rings is 1. The van der Waals surface area contributed by atoms with Crippen molar-refractivity contribution in [3.8, 4) is 33.5 Å². The van der Waals surface area contributed by atoms with Crippen molar-refractivity contribution in [2.45, 2.75) is 0 Å². The van der Waals surface area contributed by atoms with Crippen molar-refractivity contribution in [1.82, 2.24) is 30.0 Å². The van der Waals surface area contributed by atoms with E-state index >= 15 is 0 Å². The summed E-state index contributed by atoms with van der Waals surface area (Å²) in [4.78, 5) is 0.652. The van der Waals surface area contributed by atoms with Crippen LogP contribution < -0.4 is 0 Å². The summed E-state index contributed by atoms with van der Waals surface area (Å²) >= 11 is 1.38. The maximum absolute atomic E-state index is 13.1. The van der Waals surface area contributed by atoms with Crippen LogP contribution >= 0.6 is 11.3 Å². The zero-order valence-electron chi connectivity index (χ0n) is 12.5. The number of aromatic nitrogens is 6. The SMILES string of the molecule is Fc1ccc(-c2cc(-c3nnc4sc(-c5ccco5)nn34)[nH]n2)cc1. The number of nitrogens with zero attached hydrogens (tertiary/aromatic N) is 5. The highest BCUT2D eigenvalue weighted by Gasteiger charge is 2.17. The van der Waals surface area contributed by atoms with Crippen LogP contribution in [0, 0.1) is 5.82 Å². The Morgan fingerprint density at radius 1 is 1.12 bits per heavy atom. The first kappa shape index (κ1) is 14.1. The number of aromatic amines is 1. The fourth-order valence-corrected chi connectivity index (χ4v) is 3.30. The fraction of sp³-hybridized carbons (Fsp3) is 0. The molecule has 5 aromatic rings. The third-order valence-corrected chi connectivity index (χ3v) is 4.59. The normalized spacial score (nSPS) is 11.4. The summed E-state index contributed by atoms with van der Waals surface area (Å²) in [5.74, 6) is 0.939. The van der Waals surface area contributed by atoms with Crippen LogP contribution in [0.3, 0.4) is 0 Å². The molecule has 9 heteroatoms. The van der Waals surface area contributed by atoms with Crippen LogP contribution in [0.2, 0.25) is 0 Å². The quantitative estimate of drug-likeness (QED) is 0.536. The van der Waals surface area contributed by atoms with Gasteiger partial charge in [-0.1, -0.05) is 11.3 Å². The Hall–Kier alpha value is -3.33. The van der Waals surface area contributed by atoms with Gasteiger partial charge in [-0.05, 0) is 42.5 Å². The number of rotatable bonds is 3. The van der Waals surface area contributed by atoms with Gasteiger partial charge in [0.25, 0.3) is 0 Å². The molecule has 5 rings (SSSR count). The van der Waals surface area contributed by atoms with Crippen molar-refractivity contribution < 1.29 is 8.81 Å². The van der Waals surface area contributed by atoms with Crippen LogP contribution in [0.5, 0.6) is 0 Å². The molecule has 0 radical (unpaired) electrons. The van der Waals surface area contributed by atoms with E-state index in [1.165, 1.54) is 23.5 Å². The first-order chi connectivity index (χ1) is 12.3. The van der Waals surface area contributed by atoms with Crippen molar-refractivity contribution in [3.63, 3.8) is 0 Å². The van der Waals surface area contributed by atoms with Gasteiger partial charge in [-0.3, -0.25) is 5.10 Å². The number of H-pyrrole nitrogens is 1. The predicted octanol–water partition coefficient (Wildman–Crippen LogP) is 3.64. The van der Waals surface area contributed by atoms with Crippen molar-refractivity contribution in [1.29, 1.82) is 0 Å². The summed E-state index contributed by atoms with van der Waals surface area (Å²) in [6.07, 6.45) is 1.60. The second-order valence-electron chi connectivity index (χ2n) is 5.28. The van der Waals surface area contributed by atoms with Gasteiger partial charge < -0.3 is 4.42 Å². The minimum Gasteiger partial charge on any atom is -0.462 e. The molecule has 0 atom stereocenters. The molecule has 122 valence electrons. The number of benzene rings is 1. The minimum absolute atomic E-state index is 0.286. The van der Waals surface area contributed by atoms with Gasteiger partial charge in [0.05, 0.1) is 12.0 Å². The van der Waals surface area contributed by atoms with E-state index in [1.54, 1.807) is 22.9 Å². The Morgan fingerprint density at radius 2 is 2.00 bits per heavy atom. The average molecular weight is 352 g/mol. The van der Waals surface area contributed by atoms with E-state index < -0.39 is 0 Å². The highest BCUT2D eigenvalue weighted by atomic mass is 32.1. The monoisotopic (exact) mass is 352 g/mol. The van der Waals surface area contributed by atoms with E-state index in [-0.39, 0.29) is 5.82 Å². The summed E-state index contributed by atoms with van der Waals surface area (Å²) in [6.45, 7) is 0. The molecular formula is C16H9FN6OS. The lowest BCUT2D eigenvalue weighted by Crippen LogP contribution is -1.90. The molecule has 0 aliphatic rings. The van der Waals surface area contributed by atoms with Crippen LogP contribution in [0.1, 0.15) is 0 Å². The standard InChI is InChI=1S/C16H9FN6OS/c17-10-5-3-9(4-6-10)11-8-12(19-18-11)14-20-21-16-23(14)22-15(25-16)13-2-1-7-24-13/h1-8H,(H,18,19). The minimum atomic E-state index is -0.286. The number of fused-ring (bicyclic) bond motifs is 1. The molecule has 0 fully saturated rings. The first-order valence-corrected chi connectivity index (χ1v) is 8.17. The molecule has 0 bridgehead atoms. The van der Waals surface area contributed by atoms with Crippen LogP contribution in [0.4, 0.5) is 4.39 Å². The van der Waals surface area contributed by atoms with Gasteiger partial charge in [-0.25, -0.2) is 4.39 Å². The zero-order chi connectivity index (χ0) is 16.8. The van der Waals surface area contributed by atoms with Gasteiger partial charge in [-0.2, -0.15) is 9.61 Å². The number of nitrogens with one attached hydrogen (secondary N) is 1. The molecule has 0 unspecified atom stereocenters. The molecule has 1 N–H and O–H groups in total. The third kappa shape index (κ3) is 2.32. The van der Waals surface area contributed by atoms with Crippen molar-refractivity contribution >= 4 is 16.3 Å². The predicted molar refractivity (Wildman–Crippen MR) is 89.3 cm³/mol. The van der Waals surface area contributed by atoms with E-state index in [0.29, 0.717) is 27.9 Å². The molecule has 4 heterocycles. The van der Waals surface area contributed by atoms with Crippen LogP contribution in [0.15, 0.2) is 53.1 Å². The lowest BCUT2D eigenvalue weighted by molar-refractivity contribution is 0.580. The van der Waals surface area contributed by atoms with Crippen LogP contribution in [-0.4, -0.2) is 30.0 Å². The first-order valence-electron chi connectivity index (χ1n) is 7.36. The molecule has 25 heavy (non-hydrogen) atoms. The Bertz CT molecular complexity index is 1160. The Kier molecular flexibility index (Phi) is 3.01. The Labute approximate surface area is 143 Å². The van der Waals surface area contributed by atoms with Gasteiger partial charge in [-0.15, -0.1) is 15.3 Å². The molecule has 0 saturated heterocycles. The van der Waals surface area contributed by atoms with Crippen molar-refractivity contribution in [2.75, 3.05) is 0 Å². The van der Waals surface area contributed by atoms with Crippen molar-refractivity contribution in [3.05, 3.63) is 54.5 Å². The summed E-state index contributed by atoms with van der Waals surface area (Å²) < 4.78 is 20.1. The van der Waals surface area contributed by atoms with E-state index in [0.717, 1.165) is 10.6 Å². The smallest absolute Gasteiger partial charge is 0.235 e. The summed E-state index contributed by atoms with van der Waals surface area (Å²) in [5, 5.41) is 20.7. The second-order valence-corrected chi connectivity index (χ2v) is 6.23. The lowest BCUT2D eigenvalue weighted by atomic mass is 10.1. The highest BCUT2D eigenvalue weighted by Crippen LogP contribution is 2.29. The van der Waals surface area contributed by atoms with Gasteiger partial charge in [0.1, 0.15) is 11.5 Å². The summed E-state index contributed by atoms with van der Waals surface area (Å²) in [7, 11) is 0. The number of hydrogen-bond donors (Lipinski definition) is 1. The van der Waals surface area contributed by atoms with E-state index in [9.17, 15) is 4.39 Å². The van der Waals surface area contributed by atoms with Gasteiger partial charge in [0.15, 0.2) is 10.8 Å². The fourth-order valence-electron chi connectivity index (χ4n) is 2.49. The number of halogens is 1. The maximum Gasteiger partial charge on any atom is 0.235 e. The molecule has 0 spiro atoms. The van der Waals surface area contributed by atoms with Gasteiger partial charge in [0, 0.05) is 5.56 Å². The Balaban J connectivity index is 1.56. The van der Waals surface area contributed by atoms with Crippen LogP contribution in [-0.2, 0) is 0 Å². The molecule has 1 aromatic carbocycles. The molecule has 0 aliphatic heterocycles. The van der Waals surface area contributed by atoms with Gasteiger partial charge in [0.2, 0.25) is 10.8 Å². The van der Waals surface area contributed by atoms with Gasteiger partial charge >= 0.3 is 0 Å². The largest absolute Gasteiger partial charge is 0.462 e. The van der Waals surface area contributed by atoms with E-state index in [1.807, 2.05) is 18.2 Å². The van der Waals surface area contributed by atoms with E-state index in [2.05, 4.69) is 25.5 Å². The summed E-state index contributed by atoms with van der Waals surface area (Å²) in [6, 6.07) is 11.6. The number of hydrogen-bond acceptors (Lipinski definition) is 6. The summed E-state index contributed by atoms with van der Waals surface area (Å²) in [5.41, 5.74) is 2.16. The molecule has 7 nitrogen and oxygen atoms in total. The second kappa shape index (κ2) is 5.35. The molecule has 4 aromatic heterocycles. The maximum atomic E-state index is 13.1. The molecular weight excluding hydrogens is 343 g/mol. The third-order valence-electron chi connectivity index (χ3n) is 3.68.